The Morgan fingerprint density at radius 3 is 2.00 bits per heavy atom. The summed E-state index contributed by atoms with van der Waals surface area (Å²) in [5.41, 5.74) is 1.07. The largest absolute Gasteiger partial charge is 0.386 e. The summed E-state index contributed by atoms with van der Waals surface area (Å²) < 4.78 is 0. The standard InChI is InChI=1S/C8H17N/c1-5-8(6-2)9-7(3)4/h8-9H,3,5-6H2,1-2,4H3. The minimum absolute atomic E-state index is 0.627. The molecular weight excluding hydrogens is 110 g/mol. The van der Waals surface area contributed by atoms with Crippen LogP contribution < -0.4 is 5.32 Å². The second kappa shape index (κ2) is 4.42. The molecule has 1 nitrogen and oxygen atoms in total. The summed E-state index contributed by atoms with van der Waals surface area (Å²) in [7, 11) is 0. The van der Waals surface area contributed by atoms with Crippen molar-refractivity contribution >= 4 is 0 Å². The lowest BCUT2D eigenvalue weighted by atomic mass is 10.2. The summed E-state index contributed by atoms with van der Waals surface area (Å²) in [6.45, 7) is 10.1. The van der Waals surface area contributed by atoms with Crippen LogP contribution in [0.2, 0.25) is 0 Å². The fourth-order valence-corrected chi connectivity index (χ4v) is 0.841. The third kappa shape index (κ3) is 4.07. The second-order valence-corrected chi connectivity index (χ2v) is 2.44. The molecule has 0 aromatic carbocycles. The summed E-state index contributed by atoms with van der Waals surface area (Å²) in [5, 5.41) is 3.28. The summed E-state index contributed by atoms with van der Waals surface area (Å²) in [5.74, 6) is 0. The molecule has 0 fully saturated rings. The van der Waals surface area contributed by atoms with E-state index in [1.165, 1.54) is 12.8 Å². The van der Waals surface area contributed by atoms with E-state index in [1.54, 1.807) is 0 Å². The van der Waals surface area contributed by atoms with E-state index in [1.807, 2.05) is 6.92 Å². The third-order valence-corrected chi connectivity index (χ3v) is 1.44. The van der Waals surface area contributed by atoms with Gasteiger partial charge in [-0.1, -0.05) is 20.4 Å². The monoisotopic (exact) mass is 127 g/mol. The van der Waals surface area contributed by atoms with Crippen molar-refractivity contribution in [1.29, 1.82) is 0 Å². The van der Waals surface area contributed by atoms with Crippen molar-refractivity contribution < 1.29 is 0 Å². The molecule has 0 aromatic heterocycles. The van der Waals surface area contributed by atoms with Gasteiger partial charge in [0.15, 0.2) is 0 Å². The molecule has 0 rings (SSSR count). The molecule has 0 aromatic rings. The zero-order valence-electron chi connectivity index (χ0n) is 6.70. The fraction of sp³-hybridized carbons (Fsp3) is 0.750. The molecule has 0 unspecified atom stereocenters. The van der Waals surface area contributed by atoms with E-state index in [4.69, 9.17) is 0 Å². The lowest BCUT2D eigenvalue weighted by Gasteiger charge is -2.14. The molecular formula is C8H17N. The fourth-order valence-electron chi connectivity index (χ4n) is 0.841. The molecule has 0 aliphatic heterocycles. The van der Waals surface area contributed by atoms with Crippen LogP contribution in [-0.4, -0.2) is 6.04 Å². The molecule has 54 valence electrons. The highest BCUT2D eigenvalue weighted by Crippen LogP contribution is 1.97. The molecule has 0 amide bonds. The minimum atomic E-state index is 0.627. The maximum absolute atomic E-state index is 3.78. The van der Waals surface area contributed by atoms with Crippen LogP contribution in [0.1, 0.15) is 33.6 Å². The Morgan fingerprint density at radius 1 is 1.44 bits per heavy atom. The summed E-state index contributed by atoms with van der Waals surface area (Å²) >= 11 is 0. The zero-order valence-corrected chi connectivity index (χ0v) is 6.70. The highest BCUT2D eigenvalue weighted by Gasteiger charge is 1.98. The molecule has 0 aliphatic rings. The molecule has 1 heteroatoms. The van der Waals surface area contributed by atoms with Crippen molar-refractivity contribution in [2.45, 2.75) is 39.7 Å². The normalized spacial score (nSPS) is 9.78. The zero-order chi connectivity index (χ0) is 7.28. The molecule has 0 radical (unpaired) electrons. The minimum Gasteiger partial charge on any atom is -0.386 e. The van der Waals surface area contributed by atoms with E-state index >= 15 is 0 Å². The van der Waals surface area contributed by atoms with Crippen LogP contribution in [0, 0.1) is 0 Å². The lowest BCUT2D eigenvalue weighted by molar-refractivity contribution is 0.534. The van der Waals surface area contributed by atoms with Crippen LogP contribution in [0.5, 0.6) is 0 Å². The van der Waals surface area contributed by atoms with Gasteiger partial charge in [-0.05, 0) is 19.8 Å². The average Bonchev–Trinajstić information content (AvgIpc) is 1.82. The Kier molecular flexibility index (Phi) is 4.20. The van der Waals surface area contributed by atoms with Crippen LogP contribution in [0.3, 0.4) is 0 Å². The Balaban J connectivity index is 3.43. The number of hydrogen-bond donors (Lipinski definition) is 1. The molecule has 0 bridgehead atoms. The first-order chi connectivity index (χ1) is 4.20. The topological polar surface area (TPSA) is 12.0 Å². The highest BCUT2D eigenvalue weighted by molar-refractivity contribution is 4.87. The van der Waals surface area contributed by atoms with E-state index in [-0.39, 0.29) is 0 Å². The maximum Gasteiger partial charge on any atom is 0.0252 e. The van der Waals surface area contributed by atoms with Crippen molar-refractivity contribution in [2.75, 3.05) is 0 Å². The van der Waals surface area contributed by atoms with Gasteiger partial charge in [-0.3, -0.25) is 0 Å². The summed E-state index contributed by atoms with van der Waals surface area (Å²) in [6.07, 6.45) is 2.37. The van der Waals surface area contributed by atoms with Crippen LogP contribution in [0.15, 0.2) is 12.3 Å². The van der Waals surface area contributed by atoms with Gasteiger partial charge in [0, 0.05) is 11.7 Å². The van der Waals surface area contributed by atoms with Crippen LogP contribution >= 0.6 is 0 Å². The van der Waals surface area contributed by atoms with Gasteiger partial charge in [0.25, 0.3) is 0 Å². The molecule has 0 saturated carbocycles. The summed E-state index contributed by atoms with van der Waals surface area (Å²) in [6, 6.07) is 0.627. The quantitative estimate of drug-likeness (QED) is 0.611. The Hall–Kier alpha value is -0.460. The van der Waals surface area contributed by atoms with Gasteiger partial charge in [0.1, 0.15) is 0 Å². The van der Waals surface area contributed by atoms with Crippen LogP contribution in [-0.2, 0) is 0 Å². The molecule has 0 saturated heterocycles. The van der Waals surface area contributed by atoms with Gasteiger partial charge in [0.2, 0.25) is 0 Å². The second-order valence-electron chi connectivity index (χ2n) is 2.44. The molecule has 0 atom stereocenters. The maximum atomic E-state index is 3.78. The van der Waals surface area contributed by atoms with Gasteiger partial charge >= 0.3 is 0 Å². The number of nitrogens with one attached hydrogen (secondary N) is 1. The molecule has 9 heavy (non-hydrogen) atoms. The van der Waals surface area contributed by atoms with E-state index in [0.717, 1.165) is 5.70 Å². The molecule has 0 aliphatic carbocycles. The van der Waals surface area contributed by atoms with E-state index in [9.17, 15) is 0 Å². The van der Waals surface area contributed by atoms with Crippen molar-refractivity contribution in [3.05, 3.63) is 12.3 Å². The molecule has 1 N–H and O–H groups in total. The van der Waals surface area contributed by atoms with Gasteiger partial charge in [0.05, 0.1) is 0 Å². The van der Waals surface area contributed by atoms with Gasteiger partial charge in [-0.2, -0.15) is 0 Å². The number of allylic oxidation sites excluding steroid dienone is 1. The van der Waals surface area contributed by atoms with E-state index < -0.39 is 0 Å². The Bertz CT molecular complexity index is 82.6. The predicted molar refractivity (Wildman–Crippen MR) is 42.3 cm³/mol. The molecule has 0 spiro atoms. The van der Waals surface area contributed by atoms with Crippen LogP contribution in [0.4, 0.5) is 0 Å². The molecule has 0 heterocycles. The van der Waals surface area contributed by atoms with Crippen molar-refractivity contribution in [1.82, 2.24) is 5.32 Å². The average molecular weight is 127 g/mol. The van der Waals surface area contributed by atoms with E-state index in [0.29, 0.717) is 6.04 Å². The van der Waals surface area contributed by atoms with E-state index in [2.05, 4.69) is 25.7 Å². The Morgan fingerprint density at radius 2 is 1.89 bits per heavy atom. The SMILES string of the molecule is C=C(C)NC(CC)CC. The number of rotatable bonds is 4. The Labute approximate surface area is 58.2 Å². The third-order valence-electron chi connectivity index (χ3n) is 1.44. The van der Waals surface area contributed by atoms with Gasteiger partial charge in [-0.25, -0.2) is 0 Å². The summed E-state index contributed by atoms with van der Waals surface area (Å²) in [4.78, 5) is 0. The van der Waals surface area contributed by atoms with Crippen molar-refractivity contribution in [3.63, 3.8) is 0 Å². The van der Waals surface area contributed by atoms with Crippen LogP contribution in [0.25, 0.3) is 0 Å². The predicted octanol–water partition coefficient (Wildman–Crippen LogP) is 2.30. The van der Waals surface area contributed by atoms with Crippen molar-refractivity contribution in [2.24, 2.45) is 0 Å². The first kappa shape index (κ1) is 8.54. The van der Waals surface area contributed by atoms with Gasteiger partial charge < -0.3 is 5.32 Å². The smallest absolute Gasteiger partial charge is 0.0252 e. The first-order valence-corrected chi connectivity index (χ1v) is 3.62. The highest BCUT2D eigenvalue weighted by atomic mass is 14.9. The van der Waals surface area contributed by atoms with Crippen molar-refractivity contribution in [3.8, 4) is 0 Å². The lowest BCUT2D eigenvalue weighted by Crippen LogP contribution is -2.25. The van der Waals surface area contributed by atoms with Gasteiger partial charge in [-0.15, -0.1) is 0 Å². The number of hydrogen-bond acceptors (Lipinski definition) is 1. The first-order valence-electron chi connectivity index (χ1n) is 3.62.